The van der Waals surface area contributed by atoms with E-state index in [1.165, 1.54) is 0 Å². The second-order valence-electron chi connectivity index (χ2n) is 5.06. The third kappa shape index (κ3) is 9.79. The Balaban J connectivity index is 4.27. The molecule has 0 aromatic heterocycles. The molecule has 108 valence electrons. The minimum absolute atomic E-state index is 0.227. The summed E-state index contributed by atoms with van der Waals surface area (Å²) in [5.41, 5.74) is 5.49. The summed E-state index contributed by atoms with van der Waals surface area (Å²) >= 11 is 4.86. The zero-order valence-corrected chi connectivity index (χ0v) is 13.3. The lowest BCUT2D eigenvalue weighted by Gasteiger charge is -2.23. The minimum Gasteiger partial charge on any atom is -0.393 e. The van der Waals surface area contributed by atoms with Crippen molar-refractivity contribution in [2.24, 2.45) is 11.7 Å². The van der Waals surface area contributed by atoms with Crippen molar-refractivity contribution in [3.63, 3.8) is 0 Å². The van der Waals surface area contributed by atoms with Crippen molar-refractivity contribution in [3.8, 4) is 0 Å². The van der Waals surface area contributed by atoms with Crippen LogP contribution in [0.2, 0.25) is 0 Å². The first-order valence-corrected chi connectivity index (χ1v) is 8.71. The van der Waals surface area contributed by atoms with E-state index in [1.54, 1.807) is 0 Å². The van der Waals surface area contributed by atoms with Gasteiger partial charge in [-0.2, -0.15) is 0 Å². The van der Waals surface area contributed by atoms with E-state index in [4.69, 9.17) is 18.0 Å². The van der Waals surface area contributed by atoms with Gasteiger partial charge in [-0.15, -0.1) is 0 Å². The lowest BCUT2D eigenvalue weighted by Crippen LogP contribution is -2.35. The first-order chi connectivity index (χ1) is 8.26. The molecule has 4 nitrogen and oxygen atoms in total. The highest BCUT2D eigenvalue weighted by Gasteiger charge is 2.14. The van der Waals surface area contributed by atoms with Crippen LogP contribution in [-0.4, -0.2) is 49.4 Å². The van der Waals surface area contributed by atoms with Gasteiger partial charge in [0.15, 0.2) is 9.84 Å². The summed E-state index contributed by atoms with van der Waals surface area (Å²) < 4.78 is 23.4. The zero-order valence-electron chi connectivity index (χ0n) is 11.7. The van der Waals surface area contributed by atoms with Gasteiger partial charge in [-0.25, -0.2) is 8.42 Å². The van der Waals surface area contributed by atoms with Crippen LogP contribution in [0.1, 0.15) is 33.6 Å². The van der Waals surface area contributed by atoms with Crippen LogP contribution in [0, 0.1) is 5.92 Å². The van der Waals surface area contributed by atoms with E-state index in [0.29, 0.717) is 30.3 Å². The molecular formula is C12H26N2O2S2. The SMILES string of the molecule is CCCS(=O)(=O)CCN(CCC(N)=S)CC(C)C. The highest BCUT2D eigenvalue weighted by atomic mass is 32.2. The van der Waals surface area contributed by atoms with Crippen molar-refractivity contribution in [1.29, 1.82) is 0 Å². The summed E-state index contributed by atoms with van der Waals surface area (Å²) in [5, 5.41) is 0. The molecule has 0 aliphatic rings. The van der Waals surface area contributed by atoms with Crippen LogP contribution in [0.3, 0.4) is 0 Å². The van der Waals surface area contributed by atoms with Gasteiger partial charge >= 0.3 is 0 Å². The summed E-state index contributed by atoms with van der Waals surface area (Å²) in [4.78, 5) is 2.62. The van der Waals surface area contributed by atoms with Crippen LogP contribution < -0.4 is 5.73 Å². The lowest BCUT2D eigenvalue weighted by atomic mass is 10.2. The van der Waals surface area contributed by atoms with Crippen LogP contribution in [0.15, 0.2) is 0 Å². The Hall–Kier alpha value is -0.200. The first kappa shape index (κ1) is 17.8. The molecule has 0 aromatic rings. The molecule has 0 aliphatic carbocycles. The second kappa shape index (κ2) is 8.82. The largest absolute Gasteiger partial charge is 0.393 e. The monoisotopic (exact) mass is 294 g/mol. The van der Waals surface area contributed by atoms with E-state index in [9.17, 15) is 8.42 Å². The summed E-state index contributed by atoms with van der Waals surface area (Å²) in [6.07, 6.45) is 1.33. The van der Waals surface area contributed by atoms with Gasteiger partial charge in [0.05, 0.1) is 10.7 Å². The van der Waals surface area contributed by atoms with Crippen molar-refractivity contribution in [2.75, 3.05) is 31.1 Å². The van der Waals surface area contributed by atoms with Gasteiger partial charge in [0, 0.05) is 31.8 Å². The van der Waals surface area contributed by atoms with Crippen LogP contribution >= 0.6 is 12.2 Å². The van der Waals surface area contributed by atoms with Gasteiger partial charge in [-0.1, -0.05) is 33.0 Å². The number of rotatable bonds is 10. The molecule has 0 spiro atoms. The molecule has 0 saturated heterocycles. The zero-order chi connectivity index (χ0) is 14.2. The Morgan fingerprint density at radius 1 is 1.28 bits per heavy atom. The summed E-state index contributed by atoms with van der Waals surface area (Å²) in [6, 6.07) is 0. The fourth-order valence-electron chi connectivity index (χ4n) is 1.76. The van der Waals surface area contributed by atoms with Crippen LogP contribution in [0.5, 0.6) is 0 Å². The molecule has 6 heteroatoms. The van der Waals surface area contributed by atoms with E-state index in [0.717, 1.165) is 13.1 Å². The van der Waals surface area contributed by atoms with Crippen LogP contribution in [0.25, 0.3) is 0 Å². The molecule has 0 atom stereocenters. The maximum absolute atomic E-state index is 11.7. The summed E-state index contributed by atoms with van der Waals surface area (Å²) in [7, 11) is -2.91. The molecule has 0 amide bonds. The summed E-state index contributed by atoms with van der Waals surface area (Å²) in [6.45, 7) is 8.32. The van der Waals surface area contributed by atoms with Crippen molar-refractivity contribution >= 4 is 27.0 Å². The van der Waals surface area contributed by atoms with E-state index in [-0.39, 0.29) is 11.5 Å². The topological polar surface area (TPSA) is 63.4 Å². The van der Waals surface area contributed by atoms with Crippen molar-refractivity contribution in [3.05, 3.63) is 0 Å². The number of thiocarbonyl (C=S) groups is 1. The lowest BCUT2D eigenvalue weighted by molar-refractivity contribution is 0.264. The molecule has 0 unspecified atom stereocenters. The molecular weight excluding hydrogens is 268 g/mol. The van der Waals surface area contributed by atoms with Gasteiger partial charge in [-0.3, -0.25) is 0 Å². The Morgan fingerprint density at radius 2 is 1.89 bits per heavy atom. The van der Waals surface area contributed by atoms with Gasteiger partial charge in [-0.05, 0) is 12.3 Å². The number of nitrogens with zero attached hydrogens (tertiary/aromatic N) is 1. The number of sulfone groups is 1. The molecule has 2 N–H and O–H groups in total. The van der Waals surface area contributed by atoms with Crippen molar-refractivity contribution < 1.29 is 8.42 Å². The van der Waals surface area contributed by atoms with Crippen LogP contribution in [0.4, 0.5) is 0 Å². The molecule has 0 radical (unpaired) electrons. The molecule has 0 fully saturated rings. The van der Waals surface area contributed by atoms with Crippen molar-refractivity contribution in [2.45, 2.75) is 33.6 Å². The molecule has 18 heavy (non-hydrogen) atoms. The molecule has 0 aromatic carbocycles. The fourth-order valence-corrected chi connectivity index (χ4v) is 3.21. The molecule has 0 bridgehead atoms. The molecule has 0 saturated carbocycles. The van der Waals surface area contributed by atoms with E-state index >= 15 is 0 Å². The normalized spacial score (nSPS) is 12.3. The standard InChI is InChI=1S/C12H26N2O2S2/c1-4-8-18(15,16)9-7-14(10-11(2)3)6-5-12(13)17/h11H,4-10H2,1-3H3,(H2,13,17). The summed E-state index contributed by atoms with van der Waals surface area (Å²) in [5.74, 6) is 1.01. The predicted octanol–water partition coefficient (Wildman–Crippen LogP) is 1.45. The molecule has 0 heterocycles. The Labute approximate surface area is 117 Å². The Morgan fingerprint density at radius 3 is 2.33 bits per heavy atom. The maximum Gasteiger partial charge on any atom is 0.151 e. The number of hydrogen-bond donors (Lipinski definition) is 1. The van der Waals surface area contributed by atoms with Gasteiger partial charge in [0.2, 0.25) is 0 Å². The van der Waals surface area contributed by atoms with Gasteiger partial charge < -0.3 is 10.6 Å². The van der Waals surface area contributed by atoms with Crippen molar-refractivity contribution in [1.82, 2.24) is 4.90 Å². The second-order valence-corrected chi connectivity index (χ2v) is 7.89. The molecule has 0 rings (SSSR count). The van der Waals surface area contributed by atoms with E-state index < -0.39 is 9.84 Å². The Bertz CT molecular complexity index is 340. The first-order valence-electron chi connectivity index (χ1n) is 6.48. The number of nitrogens with two attached hydrogens (primary N) is 1. The number of hydrogen-bond acceptors (Lipinski definition) is 4. The maximum atomic E-state index is 11.7. The van der Waals surface area contributed by atoms with E-state index in [2.05, 4.69) is 18.7 Å². The highest BCUT2D eigenvalue weighted by Crippen LogP contribution is 2.02. The minimum atomic E-state index is -2.91. The predicted molar refractivity (Wildman–Crippen MR) is 81.6 cm³/mol. The van der Waals surface area contributed by atoms with E-state index in [1.807, 2.05) is 6.92 Å². The molecule has 0 aliphatic heterocycles. The smallest absolute Gasteiger partial charge is 0.151 e. The highest BCUT2D eigenvalue weighted by molar-refractivity contribution is 7.91. The average molecular weight is 294 g/mol. The van der Waals surface area contributed by atoms with Gasteiger partial charge in [0.1, 0.15) is 0 Å². The third-order valence-corrected chi connectivity index (χ3v) is 4.57. The third-order valence-electron chi connectivity index (χ3n) is 2.53. The average Bonchev–Trinajstić information content (AvgIpc) is 2.21. The van der Waals surface area contributed by atoms with Crippen LogP contribution in [-0.2, 0) is 9.84 Å². The fraction of sp³-hybridized carbons (Fsp3) is 0.917. The van der Waals surface area contributed by atoms with Gasteiger partial charge in [0.25, 0.3) is 0 Å². The Kier molecular flexibility index (Phi) is 8.73. The quantitative estimate of drug-likeness (QED) is 0.618.